The minimum absolute atomic E-state index is 0.169. The summed E-state index contributed by atoms with van der Waals surface area (Å²) in [7, 11) is 1.67. The van der Waals surface area contributed by atoms with E-state index in [-0.39, 0.29) is 6.42 Å². The van der Waals surface area contributed by atoms with Crippen molar-refractivity contribution >= 4 is 17.7 Å². The van der Waals surface area contributed by atoms with Gasteiger partial charge in [-0.15, -0.1) is 11.8 Å². The fourth-order valence-corrected chi connectivity index (χ4v) is 2.33. The Kier molecular flexibility index (Phi) is 7.36. The minimum Gasteiger partial charge on any atom is -0.493 e. The van der Waals surface area contributed by atoms with Gasteiger partial charge in [0.05, 0.1) is 13.0 Å². The highest BCUT2D eigenvalue weighted by Gasteiger charge is 2.04. The zero-order chi connectivity index (χ0) is 14.1. The lowest BCUT2D eigenvalue weighted by Crippen LogP contribution is -2.02. The molecular formula is C14H20O4S. The number of methoxy groups -OCH3 is 1. The number of carboxylic acid groups (broad SMARTS) is 1. The third kappa shape index (κ3) is 6.50. The lowest BCUT2D eigenvalue weighted by atomic mass is 10.2. The van der Waals surface area contributed by atoms with Gasteiger partial charge in [0.25, 0.3) is 0 Å². The number of ether oxygens (including phenoxy) is 2. The molecule has 0 aliphatic rings. The van der Waals surface area contributed by atoms with Crippen LogP contribution in [0, 0.1) is 6.92 Å². The standard InChI is InChI=1S/C14H20O4S/c1-11-4-5-12(19-9-6-14(15)16)10-13(11)18-8-3-7-17-2/h4-5,10H,3,6-9H2,1-2H3,(H,15,16). The van der Waals surface area contributed by atoms with Gasteiger partial charge in [0.2, 0.25) is 0 Å². The van der Waals surface area contributed by atoms with E-state index >= 15 is 0 Å². The summed E-state index contributed by atoms with van der Waals surface area (Å²) in [5, 5.41) is 8.61. The Labute approximate surface area is 118 Å². The highest BCUT2D eigenvalue weighted by molar-refractivity contribution is 7.99. The van der Waals surface area contributed by atoms with Gasteiger partial charge in [-0.2, -0.15) is 0 Å². The molecule has 0 unspecified atom stereocenters. The fraction of sp³-hybridized carbons (Fsp3) is 0.500. The molecule has 19 heavy (non-hydrogen) atoms. The van der Waals surface area contributed by atoms with Crippen LogP contribution in [0.15, 0.2) is 23.1 Å². The average Bonchev–Trinajstić information content (AvgIpc) is 2.37. The maximum atomic E-state index is 10.5. The van der Waals surface area contributed by atoms with E-state index in [2.05, 4.69) is 0 Å². The molecule has 0 atom stereocenters. The molecule has 0 heterocycles. The zero-order valence-corrected chi connectivity index (χ0v) is 12.2. The molecule has 0 aromatic heterocycles. The van der Waals surface area contributed by atoms with E-state index in [1.54, 1.807) is 7.11 Å². The van der Waals surface area contributed by atoms with Gasteiger partial charge in [-0.25, -0.2) is 0 Å². The third-order valence-electron chi connectivity index (χ3n) is 2.49. The predicted octanol–water partition coefficient (Wildman–Crippen LogP) is 2.98. The Bertz CT molecular complexity index is 406. The summed E-state index contributed by atoms with van der Waals surface area (Å²) in [6, 6.07) is 5.95. The first-order chi connectivity index (χ1) is 9.13. The second-order valence-corrected chi connectivity index (χ2v) is 5.28. The van der Waals surface area contributed by atoms with E-state index in [0.29, 0.717) is 19.0 Å². The molecule has 1 aromatic rings. The summed E-state index contributed by atoms with van der Waals surface area (Å²) in [4.78, 5) is 11.5. The van der Waals surface area contributed by atoms with Crippen LogP contribution in [0.4, 0.5) is 0 Å². The Morgan fingerprint density at radius 3 is 2.84 bits per heavy atom. The SMILES string of the molecule is COCCCOc1cc(SCCC(=O)O)ccc1C. The predicted molar refractivity (Wildman–Crippen MR) is 76.1 cm³/mol. The van der Waals surface area contributed by atoms with Crippen molar-refractivity contribution in [3.05, 3.63) is 23.8 Å². The van der Waals surface area contributed by atoms with Crippen molar-refractivity contribution in [3.8, 4) is 5.75 Å². The monoisotopic (exact) mass is 284 g/mol. The number of aryl methyl sites for hydroxylation is 1. The molecule has 0 fully saturated rings. The number of aliphatic carboxylic acids is 1. The average molecular weight is 284 g/mol. The van der Waals surface area contributed by atoms with Crippen molar-refractivity contribution in [1.82, 2.24) is 0 Å². The molecule has 1 N–H and O–H groups in total. The number of carbonyl (C=O) groups is 1. The molecule has 1 rings (SSSR count). The number of carboxylic acids is 1. The Morgan fingerprint density at radius 1 is 1.37 bits per heavy atom. The van der Waals surface area contributed by atoms with Crippen molar-refractivity contribution in [1.29, 1.82) is 0 Å². The highest BCUT2D eigenvalue weighted by Crippen LogP contribution is 2.26. The van der Waals surface area contributed by atoms with Crippen LogP contribution in [0.3, 0.4) is 0 Å². The normalized spacial score (nSPS) is 10.4. The molecular weight excluding hydrogens is 264 g/mol. The number of rotatable bonds is 9. The Balaban J connectivity index is 2.48. The van der Waals surface area contributed by atoms with Gasteiger partial charge in [0.15, 0.2) is 0 Å². The molecule has 0 aliphatic carbocycles. The molecule has 0 saturated heterocycles. The summed E-state index contributed by atoms with van der Waals surface area (Å²) >= 11 is 1.53. The molecule has 0 amide bonds. The molecule has 0 bridgehead atoms. The van der Waals surface area contributed by atoms with Gasteiger partial charge >= 0.3 is 5.97 Å². The van der Waals surface area contributed by atoms with E-state index < -0.39 is 5.97 Å². The van der Waals surface area contributed by atoms with Crippen LogP contribution < -0.4 is 4.74 Å². The number of benzene rings is 1. The first kappa shape index (κ1) is 15.9. The molecule has 4 nitrogen and oxygen atoms in total. The Hall–Kier alpha value is -1.20. The van der Waals surface area contributed by atoms with E-state index in [1.165, 1.54) is 11.8 Å². The van der Waals surface area contributed by atoms with Gasteiger partial charge in [-0.3, -0.25) is 4.79 Å². The Morgan fingerprint density at radius 2 is 2.16 bits per heavy atom. The van der Waals surface area contributed by atoms with Crippen LogP contribution in [0.1, 0.15) is 18.4 Å². The maximum Gasteiger partial charge on any atom is 0.304 e. The van der Waals surface area contributed by atoms with Crippen molar-refractivity contribution in [2.45, 2.75) is 24.7 Å². The number of hydrogen-bond acceptors (Lipinski definition) is 4. The number of thioether (sulfide) groups is 1. The van der Waals surface area contributed by atoms with Crippen molar-refractivity contribution in [2.75, 3.05) is 26.1 Å². The molecule has 0 aliphatic heterocycles. The minimum atomic E-state index is -0.768. The maximum absolute atomic E-state index is 10.5. The molecule has 0 radical (unpaired) electrons. The van der Waals surface area contributed by atoms with Gasteiger partial charge in [0, 0.05) is 30.8 Å². The van der Waals surface area contributed by atoms with E-state index in [0.717, 1.165) is 22.6 Å². The van der Waals surface area contributed by atoms with Crippen LogP contribution in [-0.4, -0.2) is 37.2 Å². The van der Waals surface area contributed by atoms with Crippen molar-refractivity contribution in [3.63, 3.8) is 0 Å². The van der Waals surface area contributed by atoms with Crippen molar-refractivity contribution < 1.29 is 19.4 Å². The fourth-order valence-electron chi connectivity index (χ4n) is 1.47. The second-order valence-electron chi connectivity index (χ2n) is 4.11. The quantitative estimate of drug-likeness (QED) is 0.558. The largest absolute Gasteiger partial charge is 0.493 e. The second kappa shape index (κ2) is 8.82. The summed E-state index contributed by atoms with van der Waals surface area (Å²) in [5.41, 5.74) is 1.08. The molecule has 1 aromatic carbocycles. The lowest BCUT2D eigenvalue weighted by Gasteiger charge is -2.10. The van der Waals surface area contributed by atoms with Gasteiger partial charge in [-0.1, -0.05) is 6.07 Å². The van der Waals surface area contributed by atoms with Crippen LogP contribution >= 0.6 is 11.8 Å². The van der Waals surface area contributed by atoms with Crippen LogP contribution in [0.5, 0.6) is 5.75 Å². The number of hydrogen-bond donors (Lipinski definition) is 1. The van der Waals surface area contributed by atoms with Gasteiger partial charge in [-0.05, 0) is 24.6 Å². The van der Waals surface area contributed by atoms with Gasteiger partial charge in [0.1, 0.15) is 5.75 Å². The smallest absolute Gasteiger partial charge is 0.304 e. The van der Waals surface area contributed by atoms with Crippen LogP contribution in [0.2, 0.25) is 0 Å². The van der Waals surface area contributed by atoms with Gasteiger partial charge < -0.3 is 14.6 Å². The van der Waals surface area contributed by atoms with Crippen molar-refractivity contribution in [2.24, 2.45) is 0 Å². The zero-order valence-electron chi connectivity index (χ0n) is 11.3. The summed E-state index contributed by atoms with van der Waals surface area (Å²) in [6.07, 6.45) is 1.02. The van der Waals surface area contributed by atoms with Crippen LogP contribution in [-0.2, 0) is 9.53 Å². The molecule has 5 heteroatoms. The lowest BCUT2D eigenvalue weighted by molar-refractivity contribution is -0.136. The summed E-state index contributed by atoms with van der Waals surface area (Å²) in [5.74, 6) is 0.661. The topological polar surface area (TPSA) is 55.8 Å². The first-order valence-corrected chi connectivity index (χ1v) is 7.19. The van der Waals surface area contributed by atoms with E-state index in [9.17, 15) is 4.79 Å². The third-order valence-corrected chi connectivity index (χ3v) is 3.49. The van der Waals surface area contributed by atoms with E-state index in [1.807, 2.05) is 25.1 Å². The highest BCUT2D eigenvalue weighted by atomic mass is 32.2. The first-order valence-electron chi connectivity index (χ1n) is 6.20. The molecule has 106 valence electrons. The summed E-state index contributed by atoms with van der Waals surface area (Å²) in [6.45, 7) is 3.31. The molecule has 0 spiro atoms. The molecule has 0 saturated carbocycles. The van der Waals surface area contributed by atoms with Crippen LogP contribution in [0.25, 0.3) is 0 Å². The van der Waals surface area contributed by atoms with E-state index in [4.69, 9.17) is 14.6 Å². The summed E-state index contributed by atoms with van der Waals surface area (Å²) < 4.78 is 10.7.